The van der Waals surface area contributed by atoms with Gasteiger partial charge in [0.25, 0.3) is 11.8 Å². The van der Waals surface area contributed by atoms with Crippen molar-refractivity contribution >= 4 is 29.5 Å². The molecule has 6 nitrogen and oxygen atoms in total. The summed E-state index contributed by atoms with van der Waals surface area (Å²) in [5.74, 6) is -2.05. The van der Waals surface area contributed by atoms with Gasteiger partial charge < -0.3 is 0 Å². The lowest BCUT2D eigenvalue weighted by Gasteiger charge is -2.05. The van der Waals surface area contributed by atoms with E-state index in [1.165, 1.54) is 53.2 Å². The molecule has 0 bridgehead atoms. The second-order valence-corrected chi connectivity index (χ2v) is 6.32. The third-order valence-corrected chi connectivity index (χ3v) is 4.29. The number of aryl methyl sites for hydroxylation is 1. The normalized spacial score (nSPS) is 10.9. The Morgan fingerprint density at radius 3 is 2.21 bits per heavy atom. The molecule has 0 saturated heterocycles. The van der Waals surface area contributed by atoms with Crippen LogP contribution in [0.5, 0.6) is 0 Å². The van der Waals surface area contributed by atoms with E-state index < -0.39 is 17.6 Å². The lowest BCUT2D eigenvalue weighted by atomic mass is 10.2. The lowest BCUT2D eigenvalue weighted by Crippen LogP contribution is -2.40. The second-order valence-electron chi connectivity index (χ2n) is 5.96. The van der Waals surface area contributed by atoms with Crippen LogP contribution in [0, 0.1) is 18.6 Å². The van der Waals surface area contributed by atoms with Gasteiger partial charge in [-0.25, -0.2) is 13.5 Å². The molecule has 9 heteroatoms. The molecule has 1 aromatic heterocycles. The standard InChI is InChI=1S/C20H15ClF2N4O2/c1-12-17(19(21)27(26-12)16-8-6-15(23)7-9-16)10-11-18(28)24-25-20(29)13-2-4-14(22)5-3-13/h2-11H,1H3,(H,24,28)(H,25,29)/b11-10+. The summed E-state index contributed by atoms with van der Waals surface area (Å²) in [4.78, 5) is 23.9. The number of hydrogen-bond acceptors (Lipinski definition) is 3. The maximum atomic E-state index is 13.1. The first-order valence-corrected chi connectivity index (χ1v) is 8.78. The highest BCUT2D eigenvalue weighted by Crippen LogP contribution is 2.24. The lowest BCUT2D eigenvalue weighted by molar-refractivity contribution is -0.117. The topological polar surface area (TPSA) is 76.0 Å². The van der Waals surface area contributed by atoms with Gasteiger partial charge in [0.1, 0.15) is 16.8 Å². The van der Waals surface area contributed by atoms with E-state index in [9.17, 15) is 18.4 Å². The third-order valence-electron chi connectivity index (χ3n) is 3.93. The number of benzene rings is 2. The summed E-state index contributed by atoms with van der Waals surface area (Å²) in [5.41, 5.74) is 6.24. The molecule has 3 rings (SSSR count). The van der Waals surface area contributed by atoms with Crippen LogP contribution in [0.1, 0.15) is 21.6 Å². The van der Waals surface area contributed by atoms with E-state index >= 15 is 0 Å². The highest BCUT2D eigenvalue weighted by molar-refractivity contribution is 6.31. The molecular formula is C20H15ClF2N4O2. The summed E-state index contributed by atoms with van der Waals surface area (Å²) in [6.07, 6.45) is 2.62. The summed E-state index contributed by atoms with van der Waals surface area (Å²) in [7, 11) is 0. The van der Waals surface area contributed by atoms with Crippen molar-refractivity contribution in [1.82, 2.24) is 20.6 Å². The fraction of sp³-hybridized carbons (Fsp3) is 0.0500. The molecule has 0 atom stereocenters. The monoisotopic (exact) mass is 416 g/mol. The van der Waals surface area contributed by atoms with Gasteiger partial charge in [-0.2, -0.15) is 5.10 Å². The zero-order valence-electron chi connectivity index (χ0n) is 15.1. The molecule has 0 aliphatic heterocycles. The van der Waals surface area contributed by atoms with Crippen LogP contribution in [0.25, 0.3) is 11.8 Å². The summed E-state index contributed by atoms with van der Waals surface area (Å²) >= 11 is 6.33. The minimum atomic E-state index is -0.606. The summed E-state index contributed by atoms with van der Waals surface area (Å²) in [5, 5.41) is 4.53. The Morgan fingerprint density at radius 2 is 1.59 bits per heavy atom. The van der Waals surface area contributed by atoms with E-state index in [4.69, 9.17) is 11.6 Å². The summed E-state index contributed by atoms with van der Waals surface area (Å²) in [6, 6.07) is 10.5. The van der Waals surface area contributed by atoms with Gasteiger partial charge in [-0.05, 0) is 61.5 Å². The van der Waals surface area contributed by atoms with Crippen molar-refractivity contribution in [2.24, 2.45) is 0 Å². The molecule has 0 unspecified atom stereocenters. The molecule has 0 radical (unpaired) electrons. The number of aromatic nitrogens is 2. The maximum absolute atomic E-state index is 13.1. The van der Waals surface area contributed by atoms with Crippen molar-refractivity contribution in [3.05, 3.63) is 88.2 Å². The highest BCUT2D eigenvalue weighted by atomic mass is 35.5. The highest BCUT2D eigenvalue weighted by Gasteiger charge is 2.13. The van der Waals surface area contributed by atoms with E-state index in [0.717, 1.165) is 12.1 Å². The van der Waals surface area contributed by atoms with Gasteiger partial charge in [0.2, 0.25) is 0 Å². The van der Waals surface area contributed by atoms with Crippen molar-refractivity contribution in [1.29, 1.82) is 0 Å². The fourth-order valence-corrected chi connectivity index (χ4v) is 2.78. The first-order valence-electron chi connectivity index (χ1n) is 8.40. The minimum Gasteiger partial charge on any atom is -0.268 e. The third kappa shape index (κ3) is 4.85. The van der Waals surface area contributed by atoms with Crippen LogP contribution in [0.4, 0.5) is 8.78 Å². The number of hydrazine groups is 1. The Balaban J connectivity index is 1.66. The van der Waals surface area contributed by atoms with E-state index in [1.807, 2.05) is 0 Å². The zero-order valence-corrected chi connectivity index (χ0v) is 15.9. The number of rotatable bonds is 4. The van der Waals surface area contributed by atoms with Gasteiger partial charge in [0.05, 0.1) is 11.4 Å². The quantitative estimate of drug-likeness (QED) is 0.504. The van der Waals surface area contributed by atoms with Crippen LogP contribution in [0.15, 0.2) is 54.6 Å². The largest absolute Gasteiger partial charge is 0.269 e. The first-order chi connectivity index (χ1) is 13.8. The SMILES string of the molecule is Cc1nn(-c2ccc(F)cc2)c(Cl)c1/C=C/C(=O)NNC(=O)c1ccc(F)cc1. The number of halogens is 3. The molecule has 148 valence electrons. The molecule has 2 amide bonds. The summed E-state index contributed by atoms with van der Waals surface area (Å²) < 4.78 is 27.4. The Labute approximate surface area is 169 Å². The van der Waals surface area contributed by atoms with Crippen LogP contribution in [-0.4, -0.2) is 21.6 Å². The number of carbonyl (C=O) groups is 2. The zero-order chi connectivity index (χ0) is 21.0. The Bertz CT molecular complexity index is 1080. The smallest absolute Gasteiger partial charge is 0.268 e. The fourth-order valence-electron chi connectivity index (χ4n) is 2.45. The predicted octanol–water partition coefficient (Wildman–Crippen LogP) is 3.59. The minimum absolute atomic E-state index is 0.190. The second kappa shape index (κ2) is 8.66. The Morgan fingerprint density at radius 1 is 1.00 bits per heavy atom. The molecule has 2 N–H and O–H groups in total. The van der Waals surface area contributed by atoms with E-state index in [1.54, 1.807) is 6.92 Å². The van der Waals surface area contributed by atoms with E-state index in [0.29, 0.717) is 16.9 Å². The van der Waals surface area contributed by atoms with Crippen LogP contribution >= 0.6 is 11.6 Å². The van der Waals surface area contributed by atoms with Crippen LogP contribution in [-0.2, 0) is 4.79 Å². The molecule has 0 saturated carbocycles. The number of nitrogens with one attached hydrogen (secondary N) is 2. The van der Waals surface area contributed by atoms with Gasteiger partial charge in [-0.3, -0.25) is 20.4 Å². The van der Waals surface area contributed by atoms with Crippen molar-refractivity contribution in [2.45, 2.75) is 6.92 Å². The van der Waals surface area contributed by atoms with Gasteiger partial charge >= 0.3 is 0 Å². The number of nitrogens with zero attached hydrogens (tertiary/aromatic N) is 2. The van der Waals surface area contributed by atoms with Crippen molar-refractivity contribution in [3.63, 3.8) is 0 Å². The molecule has 29 heavy (non-hydrogen) atoms. The molecule has 0 fully saturated rings. The molecule has 3 aromatic rings. The number of carbonyl (C=O) groups excluding carboxylic acids is 2. The predicted molar refractivity (Wildman–Crippen MR) is 104 cm³/mol. The summed E-state index contributed by atoms with van der Waals surface area (Å²) in [6.45, 7) is 1.71. The average molecular weight is 417 g/mol. The molecule has 0 aliphatic carbocycles. The Hall–Kier alpha value is -3.52. The van der Waals surface area contributed by atoms with Gasteiger partial charge in [0.15, 0.2) is 0 Å². The van der Waals surface area contributed by atoms with Gasteiger partial charge in [-0.1, -0.05) is 11.6 Å². The van der Waals surface area contributed by atoms with Crippen molar-refractivity contribution in [3.8, 4) is 5.69 Å². The number of hydrogen-bond donors (Lipinski definition) is 2. The first kappa shape index (κ1) is 20.2. The average Bonchev–Trinajstić information content (AvgIpc) is 2.99. The van der Waals surface area contributed by atoms with E-state index in [-0.39, 0.29) is 16.5 Å². The van der Waals surface area contributed by atoms with Gasteiger partial charge in [0, 0.05) is 17.2 Å². The van der Waals surface area contributed by atoms with Crippen molar-refractivity contribution in [2.75, 3.05) is 0 Å². The molecule has 1 heterocycles. The maximum Gasteiger partial charge on any atom is 0.269 e. The van der Waals surface area contributed by atoms with Crippen LogP contribution in [0.2, 0.25) is 5.15 Å². The Kier molecular flexibility index (Phi) is 6.04. The molecular weight excluding hydrogens is 402 g/mol. The molecule has 0 aliphatic rings. The van der Waals surface area contributed by atoms with Crippen LogP contribution < -0.4 is 10.9 Å². The molecule has 2 aromatic carbocycles. The van der Waals surface area contributed by atoms with Gasteiger partial charge in [-0.15, -0.1) is 0 Å². The van der Waals surface area contributed by atoms with Crippen LogP contribution in [0.3, 0.4) is 0 Å². The van der Waals surface area contributed by atoms with E-state index in [2.05, 4.69) is 16.0 Å². The molecule has 0 spiro atoms. The van der Waals surface area contributed by atoms with Crippen molar-refractivity contribution < 1.29 is 18.4 Å². The number of amides is 2.